The fourth-order valence-corrected chi connectivity index (χ4v) is 4.33. The van der Waals surface area contributed by atoms with E-state index in [1.807, 2.05) is 35.2 Å². The van der Waals surface area contributed by atoms with Crippen molar-refractivity contribution < 1.29 is 9.59 Å². The number of benzene rings is 2. The van der Waals surface area contributed by atoms with Gasteiger partial charge in [-0.1, -0.05) is 48.5 Å². The zero-order chi connectivity index (χ0) is 23.4. The largest absolute Gasteiger partial charge is 0.348 e. The van der Waals surface area contributed by atoms with Crippen LogP contribution in [0, 0.1) is 13.8 Å². The molecule has 0 spiro atoms. The quantitative estimate of drug-likeness (QED) is 0.631. The first kappa shape index (κ1) is 22.5. The second-order valence-electron chi connectivity index (χ2n) is 8.61. The number of carbonyl (C=O) groups excluding carboxylic acids is 2. The summed E-state index contributed by atoms with van der Waals surface area (Å²) in [6, 6.07) is 19.0. The predicted molar refractivity (Wildman–Crippen MR) is 128 cm³/mol. The van der Waals surface area contributed by atoms with Crippen LogP contribution in [-0.4, -0.2) is 27.8 Å². The average Bonchev–Trinajstić information content (AvgIpc) is 3.31. The van der Waals surface area contributed by atoms with Crippen molar-refractivity contribution in [3.63, 3.8) is 0 Å². The van der Waals surface area contributed by atoms with Crippen LogP contribution in [-0.2, 0) is 17.9 Å². The zero-order valence-corrected chi connectivity index (χ0v) is 19.1. The van der Waals surface area contributed by atoms with Gasteiger partial charge in [-0.2, -0.15) is 0 Å². The molecule has 1 aliphatic rings. The number of hydrogen-bond acceptors (Lipinski definition) is 3. The fourth-order valence-electron chi connectivity index (χ4n) is 4.33. The zero-order valence-electron chi connectivity index (χ0n) is 19.1. The van der Waals surface area contributed by atoms with Crippen LogP contribution >= 0.6 is 0 Å². The predicted octanol–water partition coefficient (Wildman–Crippen LogP) is 3.76. The molecule has 4 rings (SSSR count). The Morgan fingerprint density at radius 2 is 1.79 bits per heavy atom. The second-order valence-corrected chi connectivity index (χ2v) is 8.61. The maximum absolute atomic E-state index is 13.2. The second kappa shape index (κ2) is 9.86. The van der Waals surface area contributed by atoms with Gasteiger partial charge in [0, 0.05) is 19.3 Å². The minimum atomic E-state index is -0.460. The highest BCUT2D eigenvalue weighted by molar-refractivity contribution is 5.93. The summed E-state index contributed by atoms with van der Waals surface area (Å²) in [7, 11) is 0. The number of nitrogens with one attached hydrogen (secondary N) is 1. The number of likely N-dealkylation sites (tertiary alicyclic amines) is 1. The van der Waals surface area contributed by atoms with E-state index < -0.39 is 11.5 Å². The summed E-state index contributed by atoms with van der Waals surface area (Å²) in [5, 5.41) is 2.78. The molecule has 3 aromatic rings. The molecule has 0 radical (unpaired) electrons. The van der Waals surface area contributed by atoms with Crippen molar-refractivity contribution in [1.82, 2.24) is 14.8 Å². The standard InChI is InChI=1S/C27H29N3O3/c1-19-12-13-22(16-20(19)2)24-11-7-15-30(24)25(31)18-29-14-6-10-23(27(29)33)26(32)28-17-21-8-4-3-5-9-21/h3-6,8-10,12-14,16,24H,7,11,15,17-18H2,1-2H3,(H,28,32)/t24-/m0/s1. The maximum Gasteiger partial charge on any atom is 0.263 e. The molecule has 170 valence electrons. The highest BCUT2D eigenvalue weighted by Gasteiger charge is 2.30. The molecule has 1 atom stereocenters. The molecule has 6 nitrogen and oxygen atoms in total. The van der Waals surface area contributed by atoms with Crippen molar-refractivity contribution in [2.24, 2.45) is 0 Å². The summed E-state index contributed by atoms with van der Waals surface area (Å²) in [6.45, 7) is 5.07. The van der Waals surface area contributed by atoms with Gasteiger partial charge in [-0.15, -0.1) is 0 Å². The summed E-state index contributed by atoms with van der Waals surface area (Å²) in [5.74, 6) is -0.556. The molecule has 1 saturated heterocycles. The molecule has 6 heteroatoms. The Morgan fingerprint density at radius 1 is 1.00 bits per heavy atom. The van der Waals surface area contributed by atoms with E-state index in [0.29, 0.717) is 13.1 Å². The van der Waals surface area contributed by atoms with Crippen LogP contribution < -0.4 is 10.9 Å². The summed E-state index contributed by atoms with van der Waals surface area (Å²) in [5.41, 5.74) is 4.08. The van der Waals surface area contributed by atoms with Crippen LogP contribution in [0.25, 0.3) is 0 Å². The lowest BCUT2D eigenvalue weighted by Crippen LogP contribution is -2.38. The van der Waals surface area contributed by atoms with Crippen molar-refractivity contribution in [2.45, 2.75) is 45.8 Å². The average molecular weight is 444 g/mol. The third kappa shape index (κ3) is 5.06. The van der Waals surface area contributed by atoms with Gasteiger partial charge in [0.25, 0.3) is 11.5 Å². The number of aromatic nitrogens is 1. The molecule has 0 saturated carbocycles. The molecule has 2 amide bonds. The van der Waals surface area contributed by atoms with Gasteiger partial charge in [0.05, 0.1) is 6.04 Å². The highest BCUT2D eigenvalue weighted by Crippen LogP contribution is 2.33. The van der Waals surface area contributed by atoms with E-state index in [2.05, 4.69) is 37.4 Å². The third-order valence-corrected chi connectivity index (χ3v) is 6.36. The van der Waals surface area contributed by atoms with Crippen molar-refractivity contribution in [1.29, 1.82) is 0 Å². The van der Waals surface area contributed by atoms with Crippen LogP contribution in [0.15, 0.2) is 71.7 Å². The first-order valence-electron chi connectivity index (χ1n) is 11.3. The Kier molecular flexibility index (Phi) is 6.73. The molecule has 1 aliphatic heterocycles. The molecule has 2 aromatic carbocycles. The Balaban J connectivity index is 1.47. The van der Waals surface area contributed by atoms with E-state index in [4.69, 9.17) is 0 Å². The van der Waals surface area contributed by atoms with Gasteiger partial charge in [0.2, 0.25) is 5.91 Å². The SMILES string of the molecule is Cc1ccc([C@@H]2CCCN2C(=O)Cn2cccc(C(=O)NCc3ccccc3)c2=O)cc1C. The van der Waals surface area contributed by atoms with Gasteiger partial charge >= 0.3 is 0 Å². The first-order valence-corrected chi connectivity index (χ1v) is 11.3. The Hall–Kier alpha value is -3.67. The summed E-state index contributed by atoms with van der Waals surface area (Å²) < 4.78 is 1.33. The molecule has 1 aromatic heterocycles. The number of aryl methyl sites for hydroxylation is 2. The van der Waals surface area contributed by atoms with Gasteiger partial charge < -0.3 is 14.8 Å². The van der Waals surface area contributed by atoms with Gasteiger partial charge in [-0.25, -0.2) is 0 Å². The minimum Gasteiger partial charge on any atom is -0.348 e. The van der Waals surface area contributed by atoms with Gasteiger partial charge in [0.15, 0.2) is 0 Å². The molecule has 0 bridgehead atoms. The van der Waals surface area contributed by atoms with Crippen molar-refractivity contribution in [3.8, 4) is 0 Å². The molecular formula is C27H29N3O3. The summed E-state index contributed by atoms with van der Waals surface area (Å²) in [4.78, 5) is 40.6. The monoisotopic (exact) mass is 443 g/mol. The van der Waals surface area contributed by atoms with E-state index in [9.17, 15) is 14.4 Å². The first-order chi connectivity index (χ1) is 15.9. The van der Waals surface area contributed by atoms with E-state index in [1.54, 1.807) is 12.3 Å². The van der Waals surface area contributed by atoms with Crippen LogP contribution in [0.5, 0.6) is 0 Å². The van der Waals surface area contributed by atoms with Gasteiger partial charge in [0.1, 0.15) is 12.1 Å². The number of carbonyl (C=O) groups is 2. The fraction of sp³-hybridized carbons (Fsp3) is 0.296. The van der Waals surface area contributed by atoms with Crippen molar-refractivity contribution in [3.05, 3.63) is 105 Å². The molecule has 1 N–H and O–H groups in total. The van der Waals surface area contributed by atoms with E-state index in [-0.39, 0.29) is 24.1 Å². The summed E-state index contributed by atoms with van der Waals surface area (Å²) >= 11 is 0. The highest BCUT2D eigenvalue weighted by atomic mass is 16.2. The van der Waals surface area contributed by atoms with Crippen LogP contribution in [0.1, 0.15) is 51.5 Å². The number of pyridine rings is 1. The smallest absolute Gasteiger partial charge is 0.263 e. The lowest BCUT2D eigenvalue weighted by atomic mass is 9.99. The molecule has 1 fully saturated rings. The lowest BCUT2D eigenvalue weighted by molar-refractivity contribution is -0.132. The normalized spacial score (nSPS) is 15.5. The van der Waals surface area contributed by atoms with Gasteiger partial charge in [-0.05, 0) is 61.1 Å². The number of rotatable bonds is 6. The number of nitrogens with zero attached hydrogens (tertiary/aromatic N) is 2. The minimum absolute atomic E-state index is 0.0184. The molecule has 33 heavy (non-hydrogen) atoms. The maximum atomic E-state index is 13.2. The Bertz CT molecular complexity index is 1220. The topological polar surface area (TPSA) is 71.4 Å². The van der Waals surface area contributed by atoms with Crippen molar-refractivity contribution >= 4 is 11.8 Å². The molecule has 0 aliphatic carbocycles. The summed E-state index contributed by atoms with van der Waals surface area (Å²) in [6.07, 6.45) is 3.40. The third-order valence-electron chi connectivity index (χ3n) is 6.36. The molecule has 0 unspecified atom stereocenters. The Morgan fingerprint density at radius 3 is 2.55 bits per heavy atom. The molecular weight excluding hydrogens is 414 g/mol. The Labute approximate surface area is 193 Å². The van der Waals surface area contributed by atoms with Crippen LogP contribution in [0.2, 0.25) is 0 Å². The van der Waals surface area contributed by atoms with Gasteiger partial charge in [-0.3, -0.25) is 14.4 Å². The van der Waals surface area contributed by atoms with E-state index in [0.717, 1.165) is 24.0 Å². The van der Waals surface area contributed by atoms with Crippen molar-refractivity contribution in [2.75, 3.05) is 6.54 Å². The number of amides is 2. The molecule has 2 heterocycles. The number of hydrogen-bond donors (Lipinski definition) is 1. The lowest BCUT2D eigenvalue weighted by Gasteiger charge is -2.26. The van der Waals surface area contributed by atoms with Crippen LogP contribution in [0.3, 0.4) is 0 Å². The van der Waals surface area contributed by atoms with E-state index in [1.165, 1.54) is 21.8 Å². The van der Waals surface area contributed by atoms with Crippen LogP contribution in [0.4, 0.5) is 0 Å². The van der Waals surface area contributed by atoms with E-state index >= 15 is 0 Å².